The van der Waals surface area contributed by atoms with Gasteiger partial charge in [-0.15, -0.1) is 0 Å². The summed E-state index contributed by atoms with van der Waals surface area (Å²) in [5, 5.41) is 3.29. The molecule has 2 nitrogen and oxygen atoms in total. The van der Waals surface area contributed by atoms with Gasteiger partial charge in [0.2, 0.25) is 5.91 Å². The van der Waals surface area contributed by atoms with Gasteiger partial charge in [0.15, 0.2) is 0 Å². The van der Waals surface area contributed by atoms with Gasteiger partial charge in [0, 0.05) is 11.6 Å². The lowest BCUT2D eigenvalue weighted by molar-refractivity contribution is -0.118. The molecule has 0 aliphatic heterocycles. The number of carbonyl (C=O) groups excluding carboxylic acids is 1. The highest BCUT2D eigenvalue weighted by Crippen LogP contribution is 2.19. The number of unbranched alkanes of at least 4 members (excludes halogenated alkanes) is 6. The zero-order valence-electron chi connectivity index (χ0n) is 15.0. The van der Waals surface area contributed by atoms with Gasteiger partial charge in [-0.25, -0.2) is 0 Å². The molecule has 128 valence electrons. The number of rotatable bonds is 11. The van der Waals surface area contributed by atoms with Crippen LogP contribution in [-0.2, 0) is 4.79 Å². The van der Waals surface area contributed by atoms with Gasteiger partial charge in [0.1, 0.15) is 0 Å². The summed E-state index contributed by atoms with van der Waals surface area (Å²) in [5.41, 5.74) is 1.05. The summed E-state index contributed by atoms with van der Waals surface area (Å²) in [7, 11) is 0. The number of nitrogens with one attached hydrogen (secondary N) is 1. The monoisotopic (exact) mass is 307 g/mol. The van der Waals surface area contributed by atoms with Crippen LogP contribution in [0.5, 0.6) is 0 Å². The molecule has 1 fully saturated rings. The fraction of sp³-hybridized carbons (Fsp3) is 0.850. The van der Waals surface area contributed by atoms with Crippen molar-refractivity contribution in [1.29, 1.82) is 0 Å². The highest BCUT2D eigenvalue weighted by molar-refractivity contribution is 5.93. The standard InChI is InChI=1S/C20H37NO/c1-3-5-7-10-14-18(15-11-8-6-4-2)20(22)21-19-16-12-9-13-17-19/h14,19H,3-13,15-17H2,1-2H3,(H,21,22). The maximum atomic E-state index is 12.6. The molecule has 0 radical (unpaired) electrons. The smallest absolute Gasteiger partial charge is 0.247 e. The summed E-state index contributed by atoms with van der Waals surface area (Å²) in [6, 6.07) is 0.427. The molecule has 1 aliphatic rings. The molecule has 1 N–H and O–H groups in total. The van der Waals surface area contributed by atoms with Crippen LogP contribution < -0.4 is 5.32 Å². The summed E-state index contributed by atoms with van der Waals surface area (Å²) in [6.45, 7) is 4.46. The average molecular weight is 308 g/mol. The Bertz CT molecular complexity index is 316. The first-order valence-electron chi connectivity index (χ1n) is 9.77. The largest absolute Gasteiger partial charge is 0.350 e. The van der Waals surface area contributed by atoms with E-state index < -0.39 is 0 Å². The van der Waals surface area contributed by atoms with Gasteiger partial charge in [-0.1, -0.05) is 71.3 Å². The van der Waals surface area contributed by atoms with E-state index in [9.17, 15) is 4.79 Å². The van der Waals surface area contributed by atoms with Crippen molar-refractivity contribution in [2.75, 3.05) is 0 Å². The Morgan fingerprint density at radius 2 is 1.64 bits per heavy atom. The van der Waals surface area contributed by atoms with Crippen molar-refractivity contribution in [3.63, 3.8) is 0 Å². The van der Waals surface area contributed by atoms with Crippen LogP contribution in [0.3, 0.4) is 0 Å². The molecule has 0 aromatic rings. The summed E-state index contributed by atoms with van der Waals surface area (Å²) < 4.78 is 0. The Kier molecular flexibility index (Phi) is 11.1. The third-order valence-electron chi connectivity index (χ3n) is 4.73. The third kappa shape index (κ3) is 8.60. The van der Waals surface area contributed by atoms with Crippen LogP contribution in [0.1, 0.15) is 104 Å². The Labute approximate surface area is 138 Å². The molecule has 0 heterocycles. The van der Waals surface area contributed by atoms with E-state index >= 15 is 0 Å². The molecule has 0 saturated heterocycles. The fourth-order valence-electron chi connectivity index (χ4n) is 3.25. The minimum absolute atomic E-state index is 0.222. The van der Waals surface area contributed by atoms with Gasteiger partial charge >= 0.3 is 0 Å². The van der Waals surface area contributed by atoms with Crippen molar-refractivity contribution >= 4 is 5.91 Å². The molecular formula is C20H37NO. The molecule has 1 aliphatic carbocycles. The fourth-order valence-corrected chi connectivity index (χ4v) is 3.25. The number of hydrogen-bond donors (Lipinski definition) is 1. The summed E-state index contributed by atoms with van der Waals surface area (Å²) in [6.07, 6.45) is 19.2. The van der Waals surface area contributed by atoms with Gasteiger partial charge in [0.25, 0.3) is 0 Å². The minimum atomic E-state index is 0.222. The second-order valence-corrected chi connectivity index (χ2v) is 6.84. The average Bonchev–Trinajstić information content (AvgIpc) is 2.54. The van der Waals surface area contributed by atoms with Crippen molar-refractivity contribution in [2.24, 2.45) is 0 Å². The highest BCUT2D eigenvalue weighted by Gasteiger charge is 2.17. The van der Waals surface area contributed by atoms with Crippen LogP contribution in [0.25, 0.3) is 0 Å². The van der Waals surface area contributed by atoms with Crippen LogP contribution in [0.15, 0.2) is 11.6 Å². The van der Waals surface area contributed by atoms with Crippen molar-refractivity contribution in [3.05, 3.63) is 11.6 Å². The van der Waals surface area contributed by atoms with E-state index in [-0.39, 0.29) is 5.91 Å². The molecule has 0 spiro atoms. The molecule has 22 heavy (non-hydrogen) atoms. The first kappa shape index (κ1) is 19.3. The Morgan fingerprint density at radius 3 is 2.32 bits per heavy atom. The first-order chi connectivity index (χ1) is 10.8. The second kappa shape index (κ2) is 12.7. The number of amides is 1. The molecule has 0 unspecified atom stereocenters. The number of carbonyl (C=O) groups is 1. The van der Waals surface area contributed by atoms with Gasteiger partial charge in [-0.05, 0) is 38.5 Å². The van der Waals surface area contributed by atoms with E-state index in [0.29, 0.717) is 6.04 Å². The molecular weight excluding hydrogens is 270 g/mol. The zero-order valence-corrected chi connectivity index (χ0v) is 15.0. The van der Waals surface area contributed by atoms with Crippen molar-refractivity contribution in [2.45, 2.75) is 110 Å². The van der Waals surface area contributed by atoms with Gasteiger partial charge < -0.3 is 5.32 Å². The van der Waals surface area contributed by atoms with Crippen molar-refractivity contribution in [3.8, 4) is 0 Å². The second-order valence-electron chi connectivity index (χ2n) is 6.84. The molecule has 1 amide bonds. The number of allylic oxidation sites excluding steroid dienone is 1. The number of hydrogen-bond acceptors (Lipinski definition) is 1. The normalized spacial score (nSPS) is 16.7. The third-order valence-corrected chi connectivity index (χ3v) is 4.73. The zero-order chi connectivity index (χ0) is 16.0. The van der Waals surface area contributed by atoms with E-state index in [2.05, 4.69) is 25.2 Å². The molecule has 0 aromatic heterocycles. The van der Waals surface area contributed by atoms with E-state index in [1.807, 2.05) is 0 Å². The maximum absolute atomic E-state index is 12.6. The van der Waals surface area contributed by atoms with Crippen LogP contribution in [0, 0.1) is 0 Å². The molecule has 2 heteroatoms. The van der Waals surface area contributed by atoms with Gasteiger partial charge in [0.05, 0.1) is 0 Å². The molecule has 0 bridgehead atoms. The van der Waals surface area contributed by atoms with Crippen LogP contribution in [0.2, 0.25) is 0 Å². The van der Waals surface area contributed by atoms with Crippen LogP contribution in [0.4, 0.5) is 0 Å². The maximum Gasteiger partial charge on any atom is 0.247 e. The molecule has 1 saturated carbocycles. The molecule has 1 rings (SSSR count). The SMILES string of the molecule is CCCCCC=C(CCCCCC)C(=O)NC1CCCCC1. The highest BCUT2D eigenvalue weighted by atomic mass is 16.1. The summed E-state index contributed by atoms with van der Waals surface area (Å²) in [5.74, 6) is 0.222. The molecule has 0 aromatic carbocycles. The van der Waals surface area contributed by atoms with E-state index in [0.717, 1.165) is 24.8 Å². The lowest BCUT2D eigenvalue weighted by Crippen LogP contribution is -2.37. The summed E-state index contributed by atoms with van der Waals surface area (Å²) >= 11 is 0. The Hall–Kier alpha value is -0.790. The predicted octanol–water partition coefficient (Wildman–Crippen LogP) is 5.91. The van der Waals surface area contributed by atoms with Crippen LogP contribution in [-0.4, -0.2) is 11.9 Å². The Balaban J connectivity index is 2.44. The van der Waals surface area contributed by atoms with Crippen LogP contribution >= 0.6 is 0 Å². The van der Waals surface area contributed by atoms with Gasteiger partial charge in [-0.2, -0.15) is 0 Å². The quantitative estimate of drug-likeness (QED) is 0.373. The topological polar surface area (TPSA) is 29.1 Å². The van der Waals surface area contributed by atoms with E-state index in [1.54, 1.807) is 0 Å². The Morgan fingerprint density at radius 1 is 0.955 bits per heavy atom. The van der Waals surface area contributed by atoms with Crippen molar-refractivity contribution in [1.82, 2.24) is 5.32 Å². The lowest BCUT2D eigenvalue weighted by atomic mass is 9.95. The predicted molar refractivity (Wildman–Crippen MR) is 96.0 cm³/mol. The van der Waals surface area contributed by atoms with E-state index in [4.69, 9.17) is 0 Å². The lowest BCUT2D eigenvalue weighted by Gasteiger charge is -2.23. The summed E-state index contributed by atoms with van der Waals surface area (Å²) in [4.78, 5) is 12.6. The van der Waals surface area contributed by atoms with E-state index in [1.165, 1.54) is 70.6 Å². The first-order valence-corrected chi connectivity index (χ1v) is 9.77. The van der Waals surface area contributed by atoms with Gasteiger partial charge in [-0.3, -0.25) is 4.79 Å². The van der Waals surface area contributed by atoms with Crippen molar-refractivity contribution < 1.29 is 4.79 Å². The molecule has 0 atom stereocenters. The minimum Gasteiger partial charge on any atom is -0.350 e.